The second-order valence-electron chi connectivity index (χ2n) is 7.58. The van der Waals surface area contributed by atoms with Crippen LogP contribution in [-0.4, -0.2) is 40.3 Å². The Bertz CT molecular complexity index is 852. The predicted octanol–water partition coefficient (Wildman–Crippen LogP) is 3.38. The van der Waals surface area contributed by atoms with Crippen LogP contribution in [0.3, 0.4) is 0 Å². The van der Waals surface area contributed by atoms with Gasteiger partial charge in [-0.3, -0.25) is 9.69 Å². The van der Waals surface area contributed by atoms with Crippen molar-refractivity contribution >= 4 is 5.91 Å². The van der Waals surface area contributed by atoms with Crippen molar-refractivity contribution in [3.63, 3.8) is 0 Å². The average Bonchev–Trinajstić information content (AvgIpc) is 3.07. The molecular weight excluding hydrogens is 352 g/mol. The van der Waals surface area contributed by atoms with Crippen LogP contribution >= 0.6 is 0 Å². The number of hydrogen-bond acceptors (Lipinski definition) is 4. The van der Waals surface area contributed by atoms with Gasteiger partial charge >= 0.3 is 5.91 Å². The fourth-order valence-electron chi connectivity index (χ4n) is 3.89. The third-order valence-corrected chi connectivity index (χ3v) is 5.34. The van der Waals surface area contributed by atoms with Crippen LogP contribution in [0.2, 0.25) is 0 Å². The average molecular weight is 375 g/mol. The quantitative estimate of drug-likeness (QED) is 0.825. The maximum Gasteiger partial charge on any atom is 0.309 e. The van der Waals surface area contributed by atoms with Crippen molar-refractivity contribution in [1.82, 2.24) is 14.8 Å². The van der Waals surface area contributed by atoms with E-state index in [2.05, 4.69) is 11.9 Å². The Morgan fingerprint density at radius 3 is 3.00 bits per heavy atom. The summed E-state index contributed by atoms with van der Waals surface area (Å²) in [7, 11) is 0. The van der Waals surface area contributed by atoms with E-state index in [1.165, 1.54) is 6.07 Å². The predicted molar refractivity (Wildman–Crippen MR) is 95.0 cm³/mol. The molecule has 0 bridgehead atoms. The lowest BCUT2D eigenvalue weighted by Crippen LogP contribution is -2.39. The zero-order valence-corrected chi connectivity index (χ0v) is 15.4. The maximum atomic E-state index is 13.9. The monoisotopic (exact) mass is 375 g/mol. The number of fused-ring (bicyclic) bond motifs is 1. The molecular formula is C20H23F2N3O2. The van der Waals surface area contributed by atoms with E-state index in [0.29, 0.717) is 43.2 Å². The lowest BCUT2D eigenvalue weighted by molar-refractivity contribution is 0.0640. The summed E-state index contributed by atoms with van der Waals surface area (Å²) in [4.78, 5) is 20.9. The molecule has 5 nitrogen and oxygen atoms in total. The highest BCUT2D eigenvalue weighted by Gasteiger charge is 2.29. The summed E-state index contributed by atoms with van der Waals surface area (Å²) in [5.41, 5.74) is 1.03. The minimum Gasteiger partial charge on any atom is -0.437 e. The molecule has 0 saturated carbocycles. The van der Waals surface area contributed by atoms with E-state index in [-0.39, 0.29) is 11.8 Å². The summed E-state index contributed by atoms with van der Waals surface area (Å²) in [5.74, 6) is 0.335. The molecule has 1 saturated heterocycles. The van der Waals surface area contributed by atoms with E-state index in [9.17, 15) is 13.6 Å². The molecule has 1 aromatic carbocycles. The number of oxazole rings is 1. The van der Waals surface area contributed by atoms with Crippen LogP contribution in [-0.2, 0) is 19.5 Å². The molecule has 144 valence electrons. The van der Waals surface area contributed by atoms with Crippen molar-refractivity contribution in [1.29, 1.82) is 0 Å². The van der Waals surface area contributed by atoms with Crippen LogP contribution in [0, 0.1) is 17.6 Å². The van der Waals surface area contributed by atoms with Crippen LogP contribution < -0.4 is 0 Å². The van der Waals surface area contributed by atoms with Gasteiger partial charge in [0.25, 0.3) is 5.89 Å². The highest BCUT2D eigenvalue weighted by molar-refractivity contribution is 5.89. The van der Waals surface area contributed by atoms with Gasteiger partial charge in [-0.2, -0.15) is 0 Å². The molecule has 0 spiro atoms. The Labute approximate surface area is 157 Å². The first-order chi connectivity index (χ1) is 13.0. The molecule has 2 aliphatic rings. The zero-order chi connectivity index (χ0) is 19.0. The summed E-state index contributed by atoms with van der Waals surface area (Å²) >= 11 is 0. The van der Waals surface area contributed by atoms with Gasteiger partial charge in [0.1, 0.15) is 17.4 Å². The fraction of sp³-hybridized carbons (Fsp3) is 0.500. The highest BCUT2D eigenvalue weighted by atomic mass is 19.1. The van der Waals surface area contributed by atoms with Gasteiger partial charge in [0.15, 0.2) is 0 Å². The molecule has 1 amide bonds. The number of hydrogen-bond donors (Lipinski definition) is 0. The number of benzene rings is 1. The van der Waals surface area contributed by atoms with Crippen molar-refractivity contribution in [2.45, 2.75) is 39.3 Å². The molecule has 27 heavy (non-hydrogen) atoms. The van der Waals surface area contributed by atoms with Gasteiger partial charge in [0, 0.05) is 44.7 Å². The summed E-state index contributed by atoms with van der Waals surface area (Å²) < 4.78 is 33.0. The van der Waals surface area contributed by atoms with Crippen LogP contribution in [0.1, 0.15) is 47.5 Å². The lowest BCUT2D eigenvalue weighted by Gasteiger charge is -2.29. The van der Waals surface area contributed by atoms with Crippen molar-refractivity contribution < 1.29 is 18.0 Å². The topological polar surface area (TPSA) is 49.6 Å². The van der Waals surface area contributed by atoms with Crippen LogP contribution in [0.5, 0.6) is 0 Å². The highest BCUT2D eigenvalue weighted by Crippen LogP contribution is 2.24. The number of aromatic nitrogens is 1. The summed E-state index contributed by atoms with van der Waals surface area (Å²) in [6.45, 7) is 5.01. The summed E-state index contributed by atoms with van der Waals surface area (Å²) in [5, 5.41) is 0. The van der Waals surface area contributed by atoms with Crippen molar-refractivity contribution in [2.24, 2.45) is 5.92 Å². The van der Waals surface area contributed by atoms with Crippen molar-refractivity contribution in [2.75, 3.05) is 19.6 Å². The van der Waals surface area contributed by atoms with Crippen LogP contribution in [0.15, 0.2) is 22.6 Å². The molecule has 1 fully saturated rings. The van der Waals surface area contributed by atoms with Gasteiger partial charge in [0.05, 0.1) is 5.69 Å². The Kier molecular flexibility index (Phi) is 4.95. The van der Waals surface area contributed by atoms with Gasteiger partial charge in [-0.15, -0.1) is 0 Å². The fourth-order valence-corrected chi connectivity index (χ4v) is 3.89. The Morgan fingerprint density at radius 2 is 2.19 bits per heavy atom. The molecule has 2 aromatic rings. The summed E-state index contributed by atoms with van der Waals surface area (Å²) in [6.07, 6.45) is 2.74. The van der Waals surface area contributed by atoms with Gasteiger partial charge in [-0.25, -0.2) is 13.8 Å². The van der Waals surface area contributed by atoms with E-state index in [1.807, 2.05) is 9.80 Å². The number of carbonyl (C=O) groups excluding carboxylic acids is 1. The number of amides is 1. The maximum absolute atomic E-state index is 13.9. The SMILES string of the molecule is CC1CCCN(C(=O)c2nc3c(o2)CCN(Cc2cc(F)ccc2F)C3)C1. The minimum absolute atomic E-state index is 0.146. The molecule has 4 rings (SSSR count). The molecule has 1 atom stereocenters. The van der Waals surface area contributed by atoms with Gasteiger partial charge in [-0.05, 0) is 37.0 Å². The minimum atomic E-state index is -0.450. The van der Waals surface area contributed by atoms with Gasteiger partial charge < -0.3 is 9.32 Å². The Hall–Kier alpha value is -2.28. The van der Waals surface area contributed by atoms with Crippen molar-refractivity contribution in [3.8, 4) is 0 Å². The number of piperidine rings is 1. The van der Waals surface area contributed by atoms with E-state index in [0.717, 1.165) is 43.8 Å². The standard InChI is InChI=1S/C20H23F2N3O2/c1-13-3-2-7-25(10-13)20(26)19-23-17-12-24(8-6-18(17)27-19)11-14-9-15(21)4-5-16(14)22/h4-5,9,13H,2-3,6-8,10-12H2,1H3. The largest absolute Gasteiger partial charge is 0.437 e. The first-order valence-corrected chi connectivity index (χ1v) is 9.43. The first kappa shape index (κ1) is 18.1. The third-order valence-electron chi connectivity index (χ3n) is 5.34. The van der Waals surface area contributed by atoms with E-state index in [1.54, 1.807) is 0 Å². The van der Waals surface area contributed by atoms with E-state index in [4.69, 9.17) is 4.42 Å². The van der Waals surface area contributed by atoms with Crippen molar-refractivity contribution in [3.05, 3.63) is 52.7 Å². The number of likely N-dealkylation sites (tertiary alicyclic amines) is 1. The number of carbonyl (C=O) groups is 1. The second-order valence-corrected chi connectivity index (χ2v) is 7.58. The summed E-state index contributed by atoms with van der Waals surface area (Å²) in [6, 6.07) is 3.48. The number of halogens is 2. The molecule has 1 aromatic heterocycles. The molecule has 0 radical (unpaired) electrons. The Balaban J connectivity index is 1.46. The molecule has 1 unspecified atom stereocenters. The van der Waals surface area contributed by atoms with Gasteiger partial charge in [0.2, 0.25) is 0 Å². The normalized spacial score (nSPS) is 20.6. The molecule has 0 N–H and O–H groups in total. The lowest BCUT2D eigenvalue weighted by atomic mass is 10.0. The van der Waals surface area contributed by atoms with Gasteiger partial charge in [-0.1, -0.05) is 6.92 Å². The first-order valence-electron chi connectivity index (χ1n) is 9.43. The third kappa shape index (κ3) is 3.88. The zero-order valence-electron chi connectivity index (χ0n) is 15.4. The smallest absolute Gasteiger partial charge is 0.309 e. The molecule has 2 aliphatic heterocycles. The van der Waals surface area contributed by atoms with E-state index >= 15 is 0 Å². The second kappa shape index (κ2) is 7.38. The number of rotatable bonds is 3. The van der Waals surface area contributed by atoms with E-state index < -0.39 is 11.6 Å². The molecule has 3 heterocycles. The van der Waals surface area contributed by atoms with Crippen LogP contribution in [0.25, 0.3) is 0 Å². The molecule has 0 aliphatic carbocycles. The Morgan fingerprint density at radius 1 is 1.33 bits per heavy atom. The number of nitrogens with zero attached hydrogens (tertiary/aromatic N) is 3. The van der Waals surface area contributed by atoms with Crippen LogP contribution in [0.4, 0.5) is 8.78 Å². The molecule has 7 heteroatoms.